The van der Waals surface area contributed by atoms with E-state index >= 15 is 0 Å². The van der Waals surface area contributed by atoms with E-state index in [-0.39, 0.29) is 15.4 Å². The second-order valence-electron chi connectivity index (χ2n) is 6.15. The highest BCUT2D eigenvalue weighted by molar-refractivity contribution is 7.90. The Kier molecular flexibility index (Phi) is 6.08. The summed E-state index contributed by atoms with van der Waals surface area (Å²) in [5.41, 5.74) is 1.38. The van der Waals surface area contributed by atoms with Crippen LogP contribution in [0.25, 0.3) is 0 Å². The van der Waals surface area contributed by atoms with Gasteiger partial charge in [0.25, 0.3) is 0 Å². The van der Waals surface area contributed by atoms with Gasteiger partial charge in [-0.15, -0.1) is 0 Å². The first-order valence-electron chi connectivity index (χ1n) is 7.97. The summed E-state index contributed by atoms with van der Waals surface area (Å²) < 4.78 is 55.5. The largest absolute Gasteiger partial charge is 0.465 e. The van der Waals surface area contributed by atoms with Crippen molar-refractivity contribution in [3.8, 4) is 0 Å². The normalized spacial score (nSPS) is 13.2. The zero-order valence-electron chi connectivity index (χ0n) is 15.4. The summed E-state index contributed by atoms with van der Waals surface area (Å²) in [5, 5.41) is 0. The van der Waals surface area contributed by atoms with Crippen LogP contribution in [-0.2, 0) is 24.6 Å². The van der Waals surface area contributed by atoms with E-state index in [2.05, 4.69) is 9.46 Å². The molecule has 0 radical (unpaired) electrons. The van der Waals surface area contributed by atoms with Crippen LogP contribution in [0.15, 0.2) is 52.3 Å². The summed E-state index contributed by atoms with van der Waals surface area (Å²) in [6.45, 7) is 3.32. The van der Waals surface area contributed by atoms with Crippen molar-refractivity contribution in [3.05, 3.63) is 59.2 Å². The van der Waals surface area contributed by atoms with Crippen LogP contribution in [0.5, 0.6) is 0 Å². The average molecular weight is 412 g/mol. The molecule has 0 saturated heterocycles. The van der Waals surface area contributed by atoms with Gasteiger partial charge in [-0.2, -0.15) is 0 Å². The number of rotatable bonds is 6. The summed E-state index contributed by atoms with van der Waals surface area (Å²) in [7, 11) is -6.00. The zero-order chi connectivity index (χ0) is 20.4. The second-order valence-corrected chi connectivity index (χ2v) is 9.88. The number of hydrogen-bond donors (Lipinski definition) is 1. The summed E-state index contributed by atoms with van der Waals surface area (Å²) >= 11 is 0. The van der Waals surface area contributed by atoms with E-state index < -0.39 is 31.9 Å². The standard InChI is InChI=1S/C18H21NO6S2/c1-12-5-8-16(11-17(12)18(20)25-3)27(23,24)19-13(2)14-6-9-15(10-7-14)26(4,21)22/h5-11,13,19H,1-4H3/t13-/m1/s1. The quantitative estimate of drug-likeness (QED) is 0.731. The van der Waals surface area contributed by atoms with Crippen molar-refractivity contribution in [1.29, 1.82) is 0 Å². The molecule has 0 aromatic heterocycles. The predicted molar refractivity (Wildman–Crippen MR) is 101 cm³/mol. The van der Waals surface area contributed by atoms with Crippen LogP contribution in [0.2, 0.25) is 0 Å². The van der Waals surface area contributed by atoms with Gasteiger partial charge < -0.3 is 4.74 Å². The van der Waals surface area contributed by atoms with Crippen LogP contribution >= 0.6 is 0 Å². The summed E-state index contributed by atoms with van der Waals surface area (Å²) in [6, 6.07) is 9.57. The molecule has 0 amide bonds. The maximum absolute atomic E-state index is 12.7. The maximum Gasteiger partial charge on any atom is 0.338 e. The van der Waals surface area contributed by atoms with Crippen molar-refractivity contribution in [3.63, 3.8) is 0 Å². The molecule has 0 aliphatic rings. The molecule has 0 bridgehead atoms. The van der Waals surface area contributed by atoms with Gasteiger partial charge >= 0.3 is 5.97 Å². The van der Waals surface area contributed by atoms with E-state index in [0.29, 0.717) is 11.1 Å². The molecule has 0 heterocycles. The Bertz CT molecular complexity index is 1060. The molecule has 0 aliphatic carbocycles. The first-order valence-corrected chi connectivity index (χ1v) is 11.3. The lowest BCUT2D eigenvalue weighted by atomic mass is 10.1. The number of sulfonamides is 1. The number of esters is 1. The number of hydrogen-bond acceptors (Lipinski definition) is 6. The lowest BCUT2D eigenvalue weighted by Gasteiger charge is -2.16. The second kappa shape index (κ2) is 7.79. The number of aryl methyl sites for hydroxylation is 1. The van der Waals surface area contributed by atoms with E-state index in [1.54, 1.807) is 26.0 Å². The molecule has 7 nitrogen and oxygen atoms in total. The van der Waals surface area contributed by atoms with Crippen LogP contribution in [0.1, 0.15) is 34.5 Å². The third-order valence-electron chi connectivity index (χ3n) is 4.06. The lowest BCUT2D eigenvalue weighted by Crippen LogP contribution is -2.27. The van der Waals surface area contributed by atoms with Gasteiger partial charge in [-0.1, -0.05) is 18.2 Å². The van der Waals surface area contributed by atoms with E-state index in [9.17, 15) is 21.6 Å². The molecule has 9 heteroatoms. The fourth-order valence-electron chi connectivity index (χ4n) is 2.47. The van der Waals surface area contributed by atoms with Gasteiger partial charge in [-0.05, 0) is 49.2 Å². The fraction of sp³-hybridized carbons (Fsp3) is 0.278. The van der Waals surface area contributed by atoms with Gasteiger partial charge in [0.1, 0.15) is 0 Å². The molecular weight excluding hydrogens is 390 g/mol. The first-order chi connectivity index (χ1) is 12.5. The smallest absolute Gasteiger partial charge is 0.338 e. The molecule has 1 N–H and O–H groups in total. The van der Waals surface area contributed by atoms with Gasteiger partial charge in [-0.3, -0.25) is 0 Å². The zero-order valence-corrected chi connectivity index (χ0v) is 17.0. The number of nitrogens with one attached hydrogen (secondary N) is 1. The van der Waals surface area contributed by atoms with Crippen LogP contribution in [0.4, 0.5) is 0 Å². The van der Waals surface area contributed by atoms with Crippen molar-refractivity contribution in [1.82, 2.24) is 4.72 Å². The van der Waals surface area contributed by atoms with Crippen molar-refractivity contribution in [2.45, 2.75) is 29.7 Å². The van der Waals surface area contributed by atoms with Crippen molar-refractivity contribution in [2.75, 3.05) is 13.4 Å². The average Bonchev–Trinajstić information content (AvgIpc) is 2.60. The van der Waals surface area contributed by atoms with E-state index in [1.165, 1.54) is 37.4 Å². The minimum Gasteiger partial charge on any atom is -0.465 e. The van der Waals surface area contributed by atoms with Crippen molar-refractivity contribution < 1.29 is 26.4 Å². The Labute approximate surface area is 159 Å². The van der Waals surface area contributed by atoms with Gasteiger partial charge in [0.05, 0.1) is 22.5 Å². The van der Waals surface area contributed by atoms with Gasteiger partial charge in [-0.25, -0.2) is 26.4 Å². The van der Waals surface area contributed by atoms with Crippen LogP contribution in [0.3, 0.4) is 0 Å². The Morgan fingerprint density at radius 3 is 2.07 bits per heavy atom. The van der Waals surface area contributed by atoms with Gasteiger partial charge in [0, 0.05) is 12.3 Å². The Morgan fingerprint density at radius 1 is 1.00 bits per heavy atom. The van der Waals surface area contributed by atoms with Crippen LogP contribution < -0.4 is 4.72 Å². The summed E-state index contributed by atoms with van der Waals surface area (Å²) in [4.78, 5) is 11.9. The van der Waals surface area contributed by atoms with Crippen molar-refractivity contribution >= 4 is 25.8 Å². The first kappa shape index (κ1) is 21.1. The molecule has 2 rings (SSSR count). The van der Waals surface area contributed by atoms with Crippen molar-refractivity contribution in [2.24, 2.45) is 0 Å². The SMILES string of the molecule is COC(=O)c1cc(S(=O)(=O)N[C@H](C)c2ccc(S(C)(=O)=O)cc2)ccc1C. The number of carbonyl (C=O) groups excluding carboxylic acids is 1. The molecule has 27 heavy (non-hydrogen) atoms. The molecular formula is C18H21NO6S2. The van der Waals surface area contributed by atoms with Gasteiger partial charge in [0.15, 0.2) is 9.84 Å². The molecule has 2 aromatic rings. The number of ether oxygens (including phenoxy) is 1. The molecule has 0 spiro atoms. The highest BCUT2D eigenvalue weighted by atomic mass is 32.2. The number of benzene rings is 2. The highest BCUT2D eigenvalue weighted by Gasteiger charge is 2.21. The van der Waals surface area contributed by atoms with E-state index in [4.69, 9.17) is 0 Å². The topological polar surface area (TPSA) is 107 Å². The molecule has 0 unspecified atom stereocenters. The number of carbonyl (C=O) groups is 1. The minimum absolute atomic E-state index is 0.0619. The third kappa shape index (κ3) is 4.94. The lowest BCUT2D eigenvalue weighted by molar-refractivity contribution is 0.0599. The van der Waals surface area contributed by atoms with Crippen LogP contribution in [0, 0.1) is 6.92 Å². The molecule has 146 valence electrons. The summed E-state index contributed by atoms with van der Waals surface area (Å²) in [6.07, 6.45) is 1.10. The van der Waals surface area contributed by atoms with E-state index in [1.807, 2.05) is 0 Å². The molecule has 0 aliphatic heterocycles. The predicted octanol–water partition coefficient (Wildman–Crippen LogP) is 2.22. The third-order valence-corrected chi connectivity index (χ3v) is 6.73. The van der Waals surface area contributed by atoms with Crippen LogP contribution in [-0.4, -0.2) is 36.2 Å². The monoisotopic (exact) mass is 411 g/mol. The maximum atomic E-state index is 12.7. The summed E-state index contributed by atoms with van der Waals surface area (Å²) in [5.74, 6) is -0.617. The highest BCUT2D eigenvalue weighted by Crippen LogP contribution is 2.21. The fourth-order valence-corrected chi connectivity index (χ4v) is 4.36. The Morgan fingerprint density at radius 2 is 1.56 bits per heavy atom. The minimum atomic E-state index is -3.90. The number of sulfone groups is 1. The molecule has 1 atom stereocenters. The molecule has 2 aromatic carbocycles. The van der Waals surface area contributed by atoms with E-state index in [0.717, 1.165) is 6.26 Å². The Balaban J connectivity index is 2.29. The number of methoxy groups -OCH3 is 1. The van der Waals surface area contributed by atoms with Gasteiger partial charge in [0.2, 0.25) is 10.0 Å². The molecule has 0 fully saturated rings. The molecule has 0 saturated carbocycles. The Hall–Kier alpha value is -2.23.